The summed E-state index contributed by atoms with van der Waals surface area (Å²) in [6.07, 6.45) is 0.729. The second-order valence-corrected chi connectivity index (χ2v) is 9.41. The Morgan fingerprint density at radius 3 is 1.97 bits per heavy atom. The van der Waals surface area contributed by atoms with Gasteiger partial charge in [0.05, 0.1) is 0 Å². The van der Waals surface area contributed by atoms with Crippen LogP contribution in [0, 0.1) is 0 Å². The van der Waals surface area contributed by atoms with Crippen LogP contribution < -0.4 is 0 Å². The number of hydrogen-bond acceptors (Lipinski definition) is 3. The molecule has 4 aromatic rings. The van der Waals surface area contributed by atoms with Crippen LogP contribution in [-0.2, 0) is 4.79 Å². The second-order valence-electron chi connectivity index (χ2n) is 7.03. The molecule has 2 nitrogen and oxygen atoms in total. The molecule has 0 radical (unpaired) electrons. The van der Waals surface area contributed by atoms with Crippen molar-refractivity contribution in [3.63, 3.8) is 0 Å². The molecule has 0 aliphatic rings. The highest BCUT2D eigenvalue weighted by Gasteiger charge is 2.21. The van der Waals surface area contributed by atoms with Crippen molar-refractivity contribution in [2.75, 3.05) is 5.75 Å². The lowest BCUT2D eigenvalue weighted by Crippen LogP contribution is -2.15. The number of carboxylic acid groups (broad SMARTS) is 1. The van der Waals surface area contributed by atoms with Crippen molar-refractivity contribution >= 4 is 51.0 Å². The summed E-state index contributed by atoms with van der Waals surface area (Å²) in [5.41, 5.74) is 0.256. The van der Waals surface area contributed by atoms with Crippen molar-refractivity contribution in [1.29, 1.82) is 0 Å². The molecule has 0 fully saturated rings. The molecule has 0 aliphatic carbocycles. The van der Waals surface area contributed by atoms with Crippen molar-refractivity contribution in [3.8, 4) is 0 Å². The number of thioether (sulfide) groups is 2. The van der Waals surface area contributed by atoms with Crippen LogP contribution in [0.25, 0.3) is 21.5 Å². The van der Waals surface area contributed by atoms with E-state index in [1.54, 1.807) is 23.5 Å². The zero-order valence-corrected chi connectivity index (χ0v) is 18.1. The maximum absolute atomic E-state index is 11.7. The molecule has 0 saturated heterocycles. The van der Waals surface area contributed by atoms with Crippen molar-refractivity contribution in [3.05, 3.63) is 97.1 Å². The van der Waals surface area contributed by atoms with Gasteiger partial charge in [-0.1, -0.05) is 79.4 Å². The van der Waals surface area contributed by atoms with Crippen LogP contribution in [0.1, 0.15) is 6.42 Å². The zero-order chi connectivity index (χ0) is 20.9. The molecule has 30 heavy (non-hydrogen) atoms. The van der Waals surface area contributed by atoms with E-state index in [9.17, 15) is 9.90 Å². The topological polar surface area (TPSA) is 37.3 Å². The van der Waals surface area contributed by atoms with E-state index in [4.69, 9.17) is 0 Å². The summed E-state index contributed by atoms with van der Waals surface area (Å²) in [7, 11) is 0. The highest BCUT2D eigenvalue weighted by Crippen LogP contribution is 2.36. The summed E-state index contributed by atoms with van der Waals surface area (Å²) in [6.45, 7) is 3.88. The molecule has 1 atom stereocenters. The van der Waals surface area contributed by atoms with Gasteiger partial charge >= 0.3 is 5.97 Å². The molecule has 150 valence electrons. The molecular formula is C26H22O2S2. The Morgan fingerprint density at radius 1 is 0.800 bits per heavy atom. The van der Waals surface area contributed by atoms with E-state index in [0.29, 0.717) is 0 Å². The molecule has 0 aliphatic heterocycles. The predicted octanol–water partition coefficient (Wildman–Crippen LogP) is 7.28. The number of aliphatic carboxylic acids is 1. The quantitative estimate of drug-likeness (QED) is 0.235. The van der Waals surface area contributed by atoms with Gasteiger partial charge in [0, 0.05) is 20.6 Å². The SMILES string of the molecule is C=C(C(=O)O)C(CCSc1cccc2ccccc12)Sc1cccc2ccccc12. The number of carbonyl (C=O) groups is 1. The fourth-order valence-corrected chi connectivity index (χ4v) is 5.99. The van der Waals surface area contributed by atoms with Gasteiger partial charge in [-0.25, -0.2) is 4.79 Å². The Hall–Kier alpha value is -2.69. The van der Waals surface area contributed by atoms with Crippen molar-refractivity contribution in [2.24, 2.45) is 0 Å². The Kier molecular flexibility index (Phi) is 6.46. The molecule has 0 spiro atoms. The first-order valence-electron chi connectivity index (χ1n) is 9.80. The fraction of sp³-hybridized carbons (Fsp3) is 0.115. The minimum atomic E-state index is -0.928. The van der Waals surface area contributed by atoms with Gasteiger partial charge in [-0.15, -0.1) is 23.5 Å². The third-order valence-corrected chi connectivity index (χ3v) is 7.59. The highest BCUT2D eigenvalue weighted by molar-refractivity contribution is 8.01. The van der Waals surface area contributed by atoms with E-state index in [-0.39, 0.29) is 10.8 Å². The lowest BCUT2D eigenvalue weighted by atomic mass is 10.1. The summed E-state index contributed by atoms with van der Waals surface area (Å²) < 4.78 is 0. The van der Waals surface area contributed by atoms with Crippen LogP contribution in [0.2, 0.25) is 0 Å². The average molecular weight is 431 g/mol. The average Bonchev–Trinajstić information content (AvgIpc) is 2.78. The molecule has 4 rings (SSSR count). The molecule has 1 unspecified atom stereocenters. The number of carboxylic acids is 1. The Labute approximate surface area is 185 Å². The van der Waals surface area contributed by atoms with Gasteiger partial charge in [0.1, 0.15) is 0 Å². The van der Waals surface area contributed by atoms with E-state index in [1.165, 1.54) is 15.7 Å². The van der Waals surface area contributed by atoms with Crippen molar-refractivity contribution in [1.82, 2.24) is 0 Å². The summed E-state index contributed by atoms with van der Waals surface area (Å²) in [5.74, 6) is -0.106. The van der Waals surface area contributed by atoms with E-state index in [1.807, 2.05) is 24.3 Å². The molecule has 4 heteroatoms. The molecule has 0 saturated carbocycles. The number of rotatable bonds is 8. The Morgan fingerprint density at radius 2 is 1.33 bits per heavy atom. The molecule has 4 aromatic carbocycles. The van der Waals surface area contributed by atoms with Crippen LogP contribution in [0.3, 0.4) is 0 Å². The van der Waals surface area contributed by atoms with Gasteiger partial charge < -0.3 is 5.11 Å². The number of hydrogen-bond donors (Lipinski definition) is 1. The molecular weight excluding hydrogens is 408 g/mol. The van der Waals surface area contributed by atoms with Crippen LogP contribution >= 0.6 is 23.5 Å². The van der Waals surface area contributed by atoms with Crippen LogP contribution in [-0.4, -0.2) is 22.1 Å². The standard InChI is InChI=1S/C26H22O2S2/c1-18(26(27)28)23(30-25-15-7-11-20-9-3-5-13-22(20)25)16-17-29-24-14-6-10-19-8-2-4-12-21(19)24/h2-15,23H,1,16-17H2,(H,27,28). The highest BCUT2D eigenvalue weighted by atomic mass is 32.2. The molecule has 1 N–H and O–H groups in total. The number of benzene rings is 4. The first-order chi connectivity index (χ1) is 14.6. The molecule has 0 bridgehead atoms. The summed E-state index contributed by atoms with van der Waals surface area (Å²) in [6, 6.07) is 29.0. The summed E-state index contributed by atoms with van der Waals surface area (Å²) >= 11 is 3.37. The van der Waals surface area contributed by atoms with E-state index < -0.39 is 5.97 Å². The summed E-state index contributed by atoms with van der Waals surface area (Å²) in [5, 5.41) is 14.2. The summed E-state index contributed by atoms with van der Waals surface area (Å²) in [4.78, 5) is 14.0. The lowest BCUT2D eigenvalue weighted by Gasteiger charge is -2.18. The maximum Gasteiger partial charge on any atom is 0.332 e. The van der Waals surface area contributed by atoms with Gasteiger partial charge in [-0.05, 0) is 45.9 Å². The fourth-order valence-electron chi connectivity index (χ4n) is 3.49. The van der Waals surface area contributed by atoms with Crippen molar-refractivity contribution in [2.45, 2.75) is 21.5 Å². The molecule has 0 amide bonds. The van der Waals surface area contributed by atoms with Crippen molar-refractivity contribution < 1.29 is 9.90 Å². The first-order valence-corrected chi connectivity index (χ1v) is 11.7. The van der Waals surface area contributed by atoms with Gasteiger partial charge in [0.25, 0.3) is 0 Å². The smallest absolute Gasteiger partial charge is 0.332 e. The van der Waals surface area contributed by atoms with E-state index in [0.717, 1.165) is 27.8 Å². The second kappa shape index (κ2) is 9.41. The largest absolute Gasteiger partial charge is 0.478 e. The maximum atomic E-state index is 11.7. The normalized spacial score (nSPS) is 12.1. The van der Waals surface area contributed by atoms with Gasteiger partial charge in [0.15, 0.2) is 0 Å². The Bertz CT molecular complexity index is 1210. The molecule has 0 aromatic heterocycles. The third kappa shape index (κ3) is 4.55. The minimum absolute atomic E-state index is 0.184. The Balaban J connectivity index is 1.53. The first kappa shape index (κ1) is 20.6. The van der Waals surface area contributed by atoms with Crippen LogP contribution in [0.15, 0.2) is 107 Å². The van der Waals surface area contributed by atoms with E-state index >= 15 is 0 Å². The molecule has 0 heterocycles. The minimum Gasteiger partial charge on any atom is -0.478 e. The lowest BCUT2D eigenvalue weighted by molar-refractivity contribution is -0.132. The third-order valence-electron chi connectivity index (χ3n) is 5.07. The monoisotopic (exact) mass is 430 g/mol. The van der Waals surface area contributed by atoms with Gasteiger partial charge in [-0.3, -0.25) is 0 Å². The predicted molar refractivity (Wildman–Crippen MR) is 130 cm³/mol. The van der Waals surface area contributed by atoms with Crippen LogP contribution in [0.5, 0.6) is 0 Å². The van der Waals surface area contributed by atoms with Crippen LogP contribution in [0.4, 0.5) is 0 Å². The number of fused-ring (bicyclic) bond motifs is 2. The zero-order valence-electron chi connectivity index (χ0n) is 16.5. The van der Waals surface area contributed by atoms with E-state index in [2.05, 4.69) is 67.2 Å². The van der Waals surface area contributed by atoms with Gasteiger partial charge in [0.2, 0.25) is 0 Å². The van der Waals surface area contributed by atoms with Gasteiger partial charge in [-0.2, -0.15) is 0 Å².